The highest BCUT2D eigenvalue weighted by Gasteiger charge is 2.42. The molecule has 1 atom stereocenters. The van der Waals surface area contributed by atoms with Crippen molar-refractivity contribution in [2.45, 2.75) is 50.0 Å². The Morgan fingerprint density at radius 3 is 2.37 bits per heavy atom. The third kappa shape index (κ3) is 3.37. The summed E-state index contributed by atoms with van der Waals surface area (Å²) in [7, 11) is 0. The summed E-state index contributed by atoms with van der Waals surface area (Å²) in [5.41, 5.74) is -0.449. The van der Waals surface area contributed by atoms with E-state index in [0.717, 1.165) is 30.2 Å². The molecule has 0 spiro atoms. The number of aliphatic hydroxyl groups is 1. The van der Waals surface area contributed by atoms with Gasteiger partial charge in [-0.05, 0) is 30.5 Å². The first kappa shape index (κ1) is 14.5. The molecule has 0 saturated heterocycles. The third-order valence-electron chi connectivity index (χ3n) is 3.94. The Bertz CT molecular complexity index is 450. The van der Waals surface area contributed by atoms with Crippen LogP contribution in [0.2, 0.25) is 0 Å². The zero-order valence-corrected chi connectivity index (χ0v) is 12.4. The lowest BCUT2D eigenvalue weighted by Crippen LogP contribution is -2.40. The number of carboxylic acids is 1. The summed E-state index contributed by atoms with van der Waals surface area (Å²) >= 11 is 3.36. The predicted molar refractivity (Wildman–Crippen MR) is 77.2 cm³/mol. The maximum Gasteiger partial charge on any atom is 0.313 e. The van der Waals surface area contributed by atoms with Crippen molar-refractivity contribution in [3.8, 4) is 0 Å². The second-order valence-electron chi connectivity index (χ2n) is 5.34. The average molecular weight is 327 g/mol. The van der Waals surface area contributed by atoms with Crippen molar-refractivity contribution in [2.24, 2.45) is 0 Å². The van der Waals surface area contributed by atoms with Gasteiger partial charge in [0.25, 0.3) is 0 Å². The highest BCUT2D eigenvalue weighted by molar-refractivity contribution is 9.10. The Balaban J connectivity index is 2.36. The lowest BCUT2D eigenvalue weighted by Gasteiger charge is -2.33. The van der Waals surface area contributed by atoms with Crippen molar-refractivity contribution in [1.82, 2.24) is 0 Å². The number of hydrogen-bond donors (Lipinski definition) is 2. The monoisotopic (exact) mass is 326 g/mol. The molecule has 3 nitrogen and oxygen atoms in total. The molecule has 0 amide bonds. The van der Waals surface area contributed by atoms with Gasteiger partial charge in [0.1, 0.15) is 5.92 Å². The molecule has 1 aliphatic carbocycles. The van der Waals surface area contributed by atoms with Gasteiger partial charge in [-0.3, -0.25) is 4.79 Å². The van der Waals surface area contributed by atoms with E-state index in [2.05, 4.69) is 15.9 Å². The van der Waals surface area contributed by atoms with Crippen molar-refractivity contribution >= 4 is 21.9 Å². The van der Waals surface area contributed by atoms with E-state index in [-0.39, 0.29) is 0 Å². The summed E-state index contributed by atoms with van der Waals surface area (Å²) in [6.07, 6.45) is 5.08. The molecule has 4 heteroatoms. The van der Waals surface area contributed by atoms with E-state index in [9.17, 15) is 15.0 Å². The molecule has 19 heavy (non-hydrogen) atoms. The number of halogens is 1. The molecular formula is C15H19BrO3. The first-order chi connectivity index (χ1) is 9.03. The molecule has 1 saturated carbocycles. The minimum absolute atomic E-state index is 0.566. The number of rotatable bonds is 3. The zero-order valence-electron chi connectivity index (χ0n) is 10.8. The Hall–Kier alpha value is -0.870. The number of carboxylic acid groups (broad SMARTS) is 1. The normalized spacial score (nSPS) is 20.5. The van der Waals surface area contributed by atoms with Crippen LogP contribution in [0.5, 0.6) is 0 Å². The molecule has 1 fully saturated rings. The van der Waals surface area contributed by atoms with Gasteiger partial charge in [0.2, 0.25) is 0 Å². The van der Waals surface area contributed by atoms with Crippen LogP contribution < -0.4 is 0 Å². The topological polar surface area (TPSA) is 57.5 Å². The van der Waals surface area contributed by atoms with Crippen LogP contribution in [0.15, 0.2) is 28.7 Å². The molecule has 1 aliphatic rings. The second-order valence-corrected chi connectivity index (χ2v) is 6.26. The predicted octanol–water partition coefficient (Wildman–Crippen LogP) is 3.70. The molecule has 0 aliphatic heterocycles. The SMILES string of the molecule is O=C(O)[C@@H](c1cccc(Br)c1)C1(O)CCCCCC1. The summed E-state index contributed by atoms with van der Waals surface area (Å²) in [4.78, 5) is 11.7. The quantitative estimate of drug-likeness (QED) is 0.832. The minimum atomic E-state index is -1.12. The highest BCUT2D eigenvalue weighted by atomic mass is 79.9. The van der Waals surface area contributed by atoms with E-state index in [1.807, 2.05) is 12.1 Å². The van der Waals surface area contributed by atoms with Crippen molar-refractivity contribution in [3.63, 3.8) is 0 Å². The van der Waals surface area contributed by atoms with Gasteiger partial charge in [0.15, 0.2) is 0 Å². The number of carbonyl (C=O) groups is 1. The molecule has 0 bridgehead atoms. The van der Waals surface area contributed by atoms with Crippen LogP contribution in [0.1, 0.15) is 50.0 Å². The van der Waals surface area contributed by atoms with Crippen LogP contribution >= 0.6 is 15.9 Å². The Kier molecular flexibility index (Phi) is 4.63. The van der Waals surface area contributed by atoms with Crippen LogP contribution in [0.4, 0.5) is 0 Å². The van der Waals surface area contributed by atoms with E-state index >= 15 is 0 Å². The summed E-state index contributed by atoms with van der Waals surface area (Å²) < 4.78 is 0.841. The summed E-state index contributed by atoms with van der Waals surface area (Å²) in [5.74, 6) is -1.79. The minimum Gasteiger partial charge on any atom is -0.481 e. The molecule has 2 N–H and O–H groups in total. The maximum atomic E-state index is 11.7. The maximum absolute atomic E-state index is 11.7. The fourth-order valence-electron chi connectivity index (χ4n) is 3.00. The van der Waals surface area contributed by atoms with E-state index in [0.29, 0.717) is 18.4 Å². The lowest BCUT2D eigenvalue weighted by atomic mass is 9.77. The summed E-state index contributed by atoms with van der Waals surface area (Å²) in [5, 5.41) is 20.4. The van der Waals surface area contributed by atoms with Gasteiger partial charge in [0.05, 0.1) is 5.60 Å². The number of hydrogen-bond acceptors (Lipinski definition) is 2. The second kappa shape index (κ2) is 6.06. The van der Waals surface area contributed by atoms with Gasteiger partial charge in [0, 0.05) is 4.47 Å². The van der Waals surface area contributed by atoms with Crippen LogP contribution in [0, 0.1) is 0 Å². The van der Waals surface area contributed by atoms with Gasteiger partial charge in [-0.25, -0.2) is 0 Å². The van der Waals surface area contributed by atoms with Gasteiger partial charge >= 0.3 is 5.97 Å². The first-order valence-electron chi connectivity index (χ1n) is 6.73. The molecule has 0 unspecified atom stereocenters. The largest absolute Gasteiger partial charge is 0.481 e. The van der Waals surface area contributed by atoms with Gasteiger partial charge in [-0.15, -0.1) is 0 Å². The van der Waals surface area contributed by atoms with E-state index in [1.165, 1.54) is 0 Å². The highest BCUT2D eigenvalue weighted by Crippen LogP contribution is 2.39. The van der Waals surface area contributed by atoms with Crippen molar-refractivity contribution < 1.29 is 15.0 Å². The van der Waals surface area contributed by atoms with E-state index in [4.69, 9.17) is 0 Å². The van der Waals surface area contributed by atoms with Crippen molar-refractivity contribution in [2.75, 3.05) is 0 Å². The molecule has 1 aromatic rings. The third-order valence-corrected chi connectivity index (χ3v) is 4.43. The Labute approximate surface area is 121 Å². The zero-order chi connectivity index (χ0) is 13.9. The lowest BCUT2D eigenvalue weighted by molar-refractivity contribution is -0.146. The fraction of sp³-hybridized carbons (Fsp3) is 0.533. The van der Waals surface area contributed by atoms with Crippen LogP contribution in [0.25, 0.3) is 0 Å². The molecule has 0 aromatic heterocycles. The van der Waals surface area contributed by atoms with Crippen molar-refractivity contribution in [3.05, 3.63) is 34.3 Å². The molecule has 1 aromatic carbocycles. The Morgan fingerprint density at radius 1 is 1.21 bits per heavy atom. The molecule has 2 rings (SSSR count). The van der Waals surface area contributed by atoms with Gasteiger partial charge < -0.3 is 10.2 Å². The van der Waals surface area contributed by atoms with Crippen molar-refractivity contribution in [1.29, 1.82) is 0 Å². The van der Waals surface area contributed by atoms with Crippen LogP contribution in [-0.2, 0) is 4.79 Å². The number of aliphatic carboxylic acids is 1. The van der Waals surface area contributed by atoms with Gasteiger partial charge in [-0.2, -0.15) is 0 Å². The van der Waals surface area contributed by atoms with Crippen LogP contribution in [0.3, 0.4) is 0 Å². The molecule has 0 radical (unpaired) electrons. The van der Waals surface area contributed by atoms with Crippen LogP contribution in [-0.4, -0.2) is 21.8 Å². The standard InChI is InChI=1S/C15H19BrO3/c16-12-7-5-6-11(10-12)13(14(17)18)15(19)8-3-1-2-4-9-15/h5-7,10,13,19H,1-4,8-9H2,(H,17,18)/t13-/m1/s1. The van der Waals surface area contributed by atoms with E-state index in [1.54, 1.807) is 12.1 Å². The van der Waals surface area contributed by atoms with Gasteiger partial charge in [-0.1, -0.05) is 53.7 Å². The summed E-state index contributed by atoms with van der Waals surface area (Å²) in [6, 6.07) is 7.25. The van der Waals surface area contributed by atoms with E-state index < -0.39 is 17.5 Å². The molecular weight excluding hydrogens is 308 g/mol. The molecule has 0 heterocycles. The number of benzene rings is 1. The molecule has 104 valence electrons. The summed E-state index contributed by atoms with van der Waals surface area (Å²) in [6.45, 7) is 0. The Morgan fingerprint density at radius 2 is 1.84 bits per heavy atom. The average Bonchev–Trinajstić information content (AvgIpc) is 2.54. The smallest absolute Gasteiger partial charge is 0.313 e. The fourth-order valence-corrected chi connectivity index (χ4v) is 3.42. The first-order valence-corrected chi connectivity index (χ1v) is 7.53.